The topological polar surface area (TPSA) is 65.7 Å². The van der Waals surface area contributed by atoms with E-state index in [-0.39, 0.29) is 6.79 Å². The third-order valence-corrected chi connectivity index (χ3v) is 3.10. The van der Waals surface area contributed by atoms with E-state index in [4.69, 9.17) is 19.9 Å². The smallest absolute Gasteiger partial charge is 0.231 e. The van der Waals surface area contributed by atoms with E-state index in [1.807, 2.05) is 24.3 Å². The highest BCUT2D eigenvalue weighted by Gasteiger charge is 2.13. The molecule has 2 aromatic carbocycles. The average molecular weight is 271 g/mol. The van der Waals surface area contributed by atoms with Crippen molar-refractivity contribution in [2.75, 3.05) is 25.0 Å². The highest BCUT2D eigenvalue weighted by atomic mass is 16.7. The van der Waals surface area contributed by atoms with Crippen molar-refractivity contribution in [1.29, 1.82) is 0 Å². The number of nitrogens with two attached hydrogens (primary N) is 1. The van der Waals surface area contributed by atoms with Crippen LogP contribution in [0, 0.1) is 6.07 Å². The first-order valence-corrected chi connectivity index (χ1v) is 6.24. The van der Waals surface area contributed by atoms with Crippen molar-refractivity contribution in [2.45, 2.75) is 6.54 Å². The summed E-state index contributed by atoms with van der Waals surface area (Å²) in [6, 6.07) is 12.3. The summed E-state index contributed by atoms with van der Waals surface area (Å²) in [6.07, 6.45) is 0. The number of rotatable bonds is 4. The quantitative estimate of drug-likeness (QED) is 0.836. The lowest BCUT2D eigenvalue weighted by Crippen LogP contribution is -2.03. The molecule has 0 amide bonds. The molecule has 0 aromatic heterocycles. The van der Waals surface area contributed by atoms with Crippen LogP contribution in [0.15, 0.2) is 30.3 Å². The molecule has 2 aromatic rings. The van der Waals surface area contributed by atoms with Crippen molar-refractivity contribution in [3.63, 3.8) is 0 Å². The van der Waals surface area contributed by atoms with Gasteiger partial charge in [-0.25, -0.2) is 0 Å². The summed E-state index contributed by atoms with van der Waals surface area (Å²) >= 11 is 0. The highest BCUT2D eigenvalue weighted by Crippen LogP contribution is 2.34. The molecule has 0 unspecified atom stereocenters. The second-order valence-corrected chi connectivity index (χ2v) is 4.40. The van der Waals surface area contributed by atoms with Crippen LogP contribution in [0.25, 0.3) is 0 Å². The molecule has 3 rings (SSSR count). The SMILES string of the molecule is COc1c(N)c[c]cc1NCc1ccc2c(c1)OCO2. The lowest BCUT2D eigenvalue weighted by atomic mass is 10.2. The summed E-state index contributed by atoms with van der Waals surface area (Å²) in [5.41, 5.74) is 8.29. The number of fused-ring (bicyclic) bond motifs is 1. The molecule has 5 nitrogen and oxygen atoms in total. The largest absolute Gasteiger partial charge is 0.492 e. The Labute approximate surface area is 117 Å². The molecular weight excluding hydrogens is 256 g/mol. The lowest BCUT2D eigenvalue weighted by Gasteiger charge is -2.13. The van der Waals surface area contributed by atoms with Crippen LogP contribution in [0.2, 0.25) is 0 Å². The van der Waals surface area contributed by atoms with Crippen LogP contribution in [0.5, 0.6) is 17.2 Å². The molecular formula is C15H15N2O3. The van der Waals surface area contributed by atoms with Crippen LogP contribution in [0.3, 0.4) is 0 Å². The first-order valence-electron chi connectivity index (χ1n) is 6.24. The molecule has 0 fully saturated rings. The molecule has 0 saturated carbocycles. The Balaban J connectivity index is 1.75. The van der Waals surface area contributed by atoms with Gasteiger partial charge in [-0.05, 0) is 35.9 Å². The van der Waals surface area contributed by atoms with Gasteiger partial charge >= 0.3 is 0 Å². The normalized spacial score (nSPS) is 12.2. The number of hydrogen-bond acceptors (Lipinski definition) is 5. The maximum absolute atomic E-state index is 5.84. The maximum atomic E-state index is 5.84. The summed E-state index contributed by atoms with van der Waals surface area (Å²) in [6.45, 7) is 0.911. The number of methoxy groups -OCH3 is 1. The van der Waals surface area contributed by atoms with Crippen molar-refractivity contribution in [1.82, 2.24) is 0 Å². The van der Waals surface area contributed by atoms with E-state index in [0.717, 1.165) is 22.7 Å². The van der Waals surface area contributed by atoms with Crippen molar-refractivity contribution in [3.8, 4) is 17.2 Å². The van der Waals surface area contributed by atoms with Crippen molar-refractivity contribution >= 4 is 11.4 Å². The minimum Gasteiger partial charge on any atom is -0.492 e. The first kappa shape index (κ1) is 12.5. The Bertz CT molecular complexity index is 629. The van der Waals surface area contributed by atoms with Gasteiger partial charge in [0, 0.05) is 6.54 Å². The average Bonchev–Trinajstić information content (AvgIpc) is 2.92. The molecule has 1 heterocycles. The molecule has 0 atom stereocenters. The Morgan fingerprint density at radius 2 is 2.15 bits per heavy atom. The van der Waals surface area contributed by atoms with Crippen LogP contribution in [0.1, 0.15) is 5.56 Å². The highest BCUT2D eigenvalue weighted by molar-refractivity contribution is 5.69. The molecule has 0 spiro atoms. The molecule has 1 radical (unpaired) electrons. The van der Waals surface area contributed by atoms with Crippen LogP contribution >= 0.6 is 0 Å². The third-order valence-electron chi connectivity index (χ3n) is 3.10. The van der Waals surface area contributed by atoms with E-state index < -0.39 is 0 Å². The third kappa shape index (κ3) is 2.30. The van der Waals surface area contributed by atoms with Gasteiger partial charge in [-0.15, -0.1) is 0 Å². The lowest BCUT2D eigenvalue weighted by molar-refractivity contribution is 0.174. The standard InChI is InChI=1S/C15H15N2O3/c1-18-15-11(16)3-2-4-12(15)17-8-10-5-6-13-14(7-10)20-9-19-13/h3-7,17H,8-9,16H2,1H3. The second-order valence-electron chi connectivity index (χ2n) is 4.40. The summed E-state index contributed by atoms with van der Waals surface area (Å²) < 4.78 is 15.9. The second kappa shape index (κ2) is 5.21. The van der Waals surface area contributed by atoms with Gasteiger partial charge in [0.1, 0.15) is 0 Å². The first-order chi connectivity index (χ1) is 9.78. The van der Waals surface area contributed by atoms with Gasteiger partial charge in [0.25, 0.3) is 0 Å². The summed E-state index contributed by atoms with van der Waals surface area (Å²) in [5.74, 6) is 2.18. The van der Waals surface area contributed by atoms with E-state index in [9.17, 15) is 0 Å². The minimum absolute atomic E-state index is 0.282. The van der Waals surface area contributed by atoms with E-state index in [0.29, 0.717) is 18.0 Å². The molecule has 3 N–H and O–H groups in total. The molecule has 103 valence electrons. The van der Waals surface area contributed by atoms with Gasteiger partial charge in [0.05, 0.1) is 18.5 Å². The van der Waals surface area contributed by atoms with E-state index in [1.54, 1.807) is 13.2 Å². The van der Waals surface area contributed by atoms with E-state index in [2.05, 4.69) is 11.4 Å². The minimum atomic E-state index is 0.282. The summed E-state index contributed by atoms with van der Waals surface area (Å²) in [5, 5.41) is 3.28. The fourth-order valence-electron chi connectivity index (χ4n) is 2.11. The number of nitrogens with one attached hydrogen (secondary N) is 1. The molecule has 0 aliphatic carbocycles. The molecule has 0 bridgehead atoms. The van der Waals surface area contributed by atoms with Crippen LogP contribution in [-0.4, -0.2) is 13.9 Å². The number of nitrogen functional groups attached to an aromatic ring is 1. The molecule has 20 heavy (non-hydrogen) atoms. The summed E-state index contributed by atoms with van der Waals surface area (Å²) in [4.78, 5) is 0. The van der Waals surface area contributed by atoms with Crippen molar-refractivity contribution < 1.29 is 14.2 Å². The maximum Gasteiger partial charge on any atom is 0.231 e. The number of benzene rings is 2. The van der Waals surface area contributed by atoms with Gasteiger partial charge < -0.3 is 25.3 Å². The molecule has 1 aliphatic heterocycles. The van der Waals surface area contributed by atoms with Crippen LogP contribution < -0.4 is 25.3 Å². The zero-order valence-corrected chi connectivity index (χ0v) is 11.1. The number of hydrogen-bond donors (Lipinski definition) is 2. The van der Waals surface area contributed by atoms with Crippen molar-refractivity contribution in [3.05, 3.63) is 42.0 Å². The Morgan fingerprint density at radius 1 is 1.30 bits per heavy atom. The zero-order valence-electron chi connectivity index (χ0n) is 11.1. The fraction of sp³-hybridized carbons (Fsp3) is 0.200. The van der Waals surface area contributed by atoms with Crippen LogP contribution in [-0.2, 0) is 6.54 Å². The fourth-order valence-corrected chi connectivity index (χ4v) is 2.11. The van der Waals surface area contributed by atoms with Gasteiger partial charge in [-0.2, -0.15) is 0 Å². The predicted octanol–water partition coefficient (Wildman–Crippen LogP) is 2.42. The van der Waals surface area contributed by atoms with Crippen LogP contribution in [0.4, 0.5) is 11.4 Å². The molecule has 0 saturated heterocycles. The van der Waals surface area contributed by atoms with Gasteiger partial charge in [0.2, 0.25) is 6.79 Å². The van der Waals surface area contributed by atoms with Crippen molar-refractivity contribution in [2.24, 2.45) is 0 Å². The van der Waals surface area contributed by atoms with Gasteiger partial charge in [-0.3, -0.25) is 0 Å². The monoisotopic (exact) mass is 271 g/mol. The Morgan fingerprint density at radius 3 is 3.00 bits per heavy atom. The Hall–Kier alpha value is -2.56. The zero-order chi connectivity index (χ0) is 13.9. The summed E-state index contributed by atoms with van der Waals surface area (Å²) in [7, 11) is 1.59. The number of ether oxygens (including phenoxy) is 3. The van der Waals surface area contributed by atoms with Gasteiger partial charge in [0.15, 0.2) is 17.2 Å². The predicted molar refractivity (Wildman–Crippen MR) is 76.1 cm³/mol. The molecule has 1 aliphatic rings. The van der Waals surface area contributed by atoms with E-state index >= 15 is 0 Å². The van der Waals surface area contributed by atoms with Gasteiger partial charge in [-0.1, -0.05) is 6.07 Å². The number of anilines is 2. The Kier molecular flexibility index (Phi) is 3.25. The van der Waals surface area contributed by atoms with E-state index in [1.165, 1.54) is 0 Å². The molecule has 5 heteroatoms.